The molecule has 23 heavy (non-hydrogen) atoms. The number of esters is 1. The van der Waals surface area contributed by atoms with E-state index in [0.717, 1.165) is 0 Å². The van der Waals surface area contributed by atoms with Gasteiger partial charge < -0.3 is 9.84 Å². The highest BCUT2D eigenvalue weighted by Crippen LogP contribution is 2.26. The van der Waals surface area contributed by atoms with Crippen molar-refractivity contribution in [3.05, 3.63) is 65.7 Å². The number of hydrogen-bond donors (Lipinski definition) is 1. The van der Waals surface area contributed by atoms with Crippen molar-refractivity contribution >= 4 is 17.7 Å². The Morgan fingerprint density at radius 1 is 1.09 bits per heavy atom. The van der Waals surface area contributed by atoms with E-state index < -0.39 is 17.4 Å². The highest BCUT2D eigenvalue weighted by Gasteiger charge is 2.37. The Hall–Kier alpha value is -1.92. The van der Waals surface area contributed by atoms with Crippen LogP contribution in [0.15, 0.2) is 53.4 Å². The number of thioether (sulfide) groups is 1. The summed E-state index contributed by atoms with van der Waals surface area (Å²) >= 11 is 1.21. The third-order valence-electron chi connectivity index (χ3n) is 3.27. The van der Waals surface area contributed by atoms with Crippen molar-refractivity contribution in [1.82, 2.24) is 0 Å². The summed E-state index contributed by atoms with van der Waals surface area (Å²) in [6.45, 7) is 0. The second-order valence-electron chi connectivity index (χ2n) is 5.07. The zero-order valence-electron chi connectivity index (χ0n) is 12.5. The average Bonchev–Trinajstić information content (AvgIpc) is 2.56. The van der Waals surface area contributed by atoms with Crippen LogP contribution in [0.4, 0.5) is 8.78 Å². The van der Waals surface area contributed by atoms with Crippen molar-refractivity contribution in [3.63, 3.8) is 0 Å². The van der Waals surface area contributed by atoms with Crippen molar-refractivity contribution in [2.24, 2.45) is 0 Å². The average molecular weight is 338 g/mol. The Morgan fingerprint density at radius 2 is 1.61 bits per heavy atom. The number of hydrogen-bond acceptors (Lipinski definition) is 4. The van der Waals surface area contributed by atoms with Gasteiger partial charge in [0, 0.05) is 17.1 Å². The van der Waals surface area contributed by atoms with Crippen LogP contribution in [0.1, 0.15) is 5.56 Å². The fourth-order valence-corrected chi connectivity index (χ4v) is 3.00. The first kappa shape index (κ1) is 17.4. The number of carbonyl (C=O) groups excluding carboxylic acids is 1. The predicted octanol–water partition coefficient (Wildman–Crippen LogP) is 3.20. The molecular weight excluding hydrogens is 322 g/mol. The van der Waals surface area contributed by atoms with Crippen LogP contribution >= 0.6 is 11.8 Å². The highest BCUT2D eigenvalue weighted by molar-refractivity contribution is 7.99. The van der Waals surface area contributed by atoms with Gasteiger partial charge >= 0.3 is 5.97 Å². The fraction of sp³-hybridized carbons (Fsp3) is 0.235. The van der Waals surface area contributed by atoms with E-state index in [-0.39, 0.29) is 18.0 Å². The van der Waals surface area contributed by atoms with Gasteiger partial charge in [-0.2, -0.15) is 0 Å². The standard InChI is InChI=1S/C17H16F2O3S/c1-22-16(20)17(21,10-12-2-4-13(18)5-3-12)11-23-15-8-6-14(19)7-9-15/h2-9,21H,10-11H2,1H3/t17-/m0/s1. The lowest BCUT2D eigenvalue weighted by atomic mass is 9.96. The van der Waals surface area contributed by atoms with E-state index >= 15 is 0 Å². The largest absolute Gasteiger partial charge is 0.467 e. The van der Waals surface area contributed by atoms with Crippen LogP contribution in [0.25, 0.3) is 0 Å². The number of carbonyl (C=O) groups is 1. The van der Waals surface area contributed by atoms with Gasteiger partial charge in [-0.3, -0.25) is 0 Å². The van der Waals surface area contributed by atoms with Gasteiger partial charge in [0.2, 0.25) is 0 Å². The van der Waals surface area contributed by atoms with Gasteiger partial charge in [-0.15, -0.1) is 11.8 Å². The minimum absolute atomic E-state index is 0.00581. The summed E-state index contributed by atoms with van der Waals surface area (Å²) in [5.74, 6) is -1.49. The normalized spacial score (nSPS) is 13.4. The quantitative estimate of drug-likeness (QED) is 0.649. The molecule has 0 bridgehead atoms. The monoisotopic (exact) mass is 338 g/mol. The molecule has 0 spiro atoms. The van der Waals surface area contributed by atoms with Crippen LogP contribution < -0.4 is 0 Å². The van der Waals surface area contributed by atoms with Crippen molar-refractivity contribution < 1.29 is 23.4 Å². The van der Waals surface area contributed by atoms with Crippen LogP contribution in [0.5, 0.6) is 0 Å². The van der Waals surface area contributed by atoms with Gasteiger partial charge in [0.15, 0.2) is 5.60 Å². The number of halogens is 2. The molecule has 0 unspecified atom stereocenters. The molecule has 0 aromatic heterocycles. The maximum absolute atomic E-state index is 13.0. The summed E-state index contributed by atoms with van der Waals surface area (Å²) in [6.07, 6.45) is -0.00581. The Morgan fingerprint density at radius 3 is 2.13 bits per heavy atom. The van der Waals surface area contributed by atoms with Gasteiger partial charge in [0.1, 0.15) is 11.6 Å². The maximum atomic E-state index is 13.0. The minimum atomic E-state index is -1.76. The molecule has 122 valence electrons. The smallest absolute Gasteiger partial charge is 0.339 e. The Bertz CT molecular complexity index is 659. The summed E-state index contributed by atoms with van der Waals surface area (Å²) in [5.41, 5.74) is -1.15. The van der Waals surface area contributed by atoms with E-state index in [1.165, 1.54) is 55.3 Å². The molecule has 0 aliphatic carbocycles. The van der Waals surface area contributed by atoms with E-state index in [1.807, 2.05) is 0 Å². The minimum Gasteiger partial charge on any atom is -0.467 e. The lowest BCUT2D eigenvalue weighted by Gasteiger charge is -2.25. The summed E-state index contributed by atoms with van der Waals surface area (Å²) in [6, 6.07) is 11.3. The van der Waals surface area contributed by atoms with Gasteiger partial charge in [0.25, 0.3) is 0 Å². The second-order valence-corrected chi connectivity index (χ2v) is 6.12. The van der Waals surface area contributed by atoms with Crippen LogP contribution in [0.3, 0.4) is 0 Å². The van der Waals surface area contributed by atoms with Crippen LogP contribution in [-0.2, 0) is 16.0 Å². The Kier molecular flexibility index (Phi) is 5.74. The molecular formula is C17H16F2O3S. The number of methoxy groups -OCH3 is 1. The van der Waals surface area contributed by atoms with E-state index in [1.54, 1.807) is 12.1 Å². The molecule has 1 N–H and O–H groups in total. The number of ether oxygens (including phenoxy) is 1. The second kappa shape index (κ2) is 7.57. The SMILES string of the molecule is COC(=O)[C@@](O)(CSc1ccc(F)cc1)Cc1ccc(F)cc1. The first-order valence-corrected chi connectivity index (χ1v) is 7.85. The molecule has 0 saturated heterocycles. The maximum Gasteiger partial charge on any atom is 0.339 e. The van der Waals surface area contributed by atoms with E-state index in [9.17, 15) is 18.7 Å². The third kappa shape index (κ3) is 4.77. The van der Waals surface area contributed by atoms with Crippen molar-refractivity contribution in [3.8, 4) is 0 Å². The van der Waals surface area contributed by atoms with Gasteiger partial charge in [0.05, 0.1) is 7.11 Å². The van der Waals surface area contributed by atoms with Crippen LogP contribution in [0.2, 0.25) is 0 Å². The molecule has 6 heteroatoms. The summed E-state index contributed by atoms with van der Waals surface area (Å²) in [5, 5.41) is 10.7. The summed E-state index contributed by atoms with van der Waals surface area (Å²) < 4.78 is 30.5. The van der Waals surface area contributed by atoms with E-state index in [4.69, 9.17) is 0 Å². The zero-order chi connectivity index (χ0) is 16.9. The van der Waals surface area contributed by atoms with Gasteiger partial charge in [-0.1, -0.05) is 12.1 Å². The summed E-state index contributed by atoms with van der Waals surface area (Å²) in [7, 11) is 1.19. The Labute approximate surface area is 137 Å². The number of rotatable bonds is 6. The topological polar surface area (TPSA) is 46.5 Å². The molecule has 2 aromatic rings. The molecule has 0 aliphatic heterocycles. The third-order valence-corrected chi connectivity index (χ3v) is 4.49. The molecule has 1 atom stereocenters. The van der Waals surface area contributed by atoms with E-state index in [0.29, 0.717) is 10.5 Å². The van der Waals surface area contributed by atoms with Crippen molar-refractivity contribution in [1.29, 1.82) is 0 Å². The number of aliphatic hydroxyl groups is 1. The van der Waals surface area contributed by atoms with Crippen LogP contribution in [0, 0.1) is 11.6 Å². The summed E-state index contributed by atoms with van der Waals surface area (Å²) in [4.78, 5) is 12.7. The molecule has 0 fully saturated rings. The molecule has 0 saturated carbocycles. The zero-order valence-corrected chi connectivity index (χ0v) is 13.3. The molecule has 0 radical (unpaired) electrons. The molecule has 0 aliphatic rings. The van der Waals surface area contributed by atoms with Crippen LogP contribution in [-0.4, -0.2) is 29.5 Å². The lowest BCUT2D eigenvalue weighted by Crippen LogP contribution is -2.44. The lowest BCUT2D eigenvalue weighted by molar-refractivity contribution is -0.159. The number of benzene rings is 2. The molecule has 0 heterocycles. The fourth-order valence-electron chi connectivity index (χ4n) is 2.05. The molecule has 3 nitrogen and oxygen atoms in total. The Balaban J connectivity index is 2.12. The van der Waals surface area contributed by atoms with Crippen molar-refractivity contribution in [2.75, 3.05) is 12.9 Å². The van der Waals surface area contributed by atoms with Gasteiger partial charge in [-0.25, -0.2) is 13.6 Å². The molecule has 2 aromatic carbocycles. The highest BCUT2D eigenvalue weighted by atomic mass is 32.2. The molecule has 0 amide bonds. The molecule has 2 rings (SSSR count). The first-order valence-electron chi connectivity index (χ1n) is 6.86. The predicted molar refractivity (Wildman–Crippen MR) is 84.2 cm³/mol. The van der Waals surface area contributed by atoms with E-state index in [2.05, 4.69) is 4.74 Å². The van der Waals surface area contributed by atoms with Crippen molar-refractivity contribution in [2.45, 2.75) is 16.9 Å². The van der Waals surface area contributed by atoms with Gasteiger partial charge in [-0.05, 0) is 42.0 Å². The first-order chi connectivity index (χ1) is 10.9.